The van der Waals surface area contributed by atoms with Crippen LogP contribution in [0.3, 0.4) is 0 Å². The summed E-state index contributed by atoms with van der Waals surface area (Å²) in [7, 11) is 0. The van der Waals surface area contributed by atoms with Crippen molar-refractivity contribution in [3.63, 3.8) is 0 Å². The molecule has 2 amide bonds. The van der Waals surface area contributed by atoms with Gasteiger partial charge in [-0.25, -0.2) is 0 Å². The van der Waals surface area contributed by atoms with Crippen molar-refractivity contribution >= 4 is 17.5 Å². The van der Waals surface area contributed by atoms with E-state index in [4.69, 9.17) is 4.74 Å². The van der Waals surface area contributed by atoms with Gasteiger partial charge >= 0.3 is 0 Å². The molecule has 0 aromatic heterocycles. The number of anilines is 1. The van der Waals surface area contributed by atoms with Crippen molar-refractivity contribution in [1.82, 2.24) is 4.90 Å². The molecule has 0 N–H and O–H groups in total. The summed E-state index contributed by atoms with van der Waals surface area (Å²) in [6.07, 6.45) is 5.20. The van der Waals surface area contributed by atoms with E-state index in [-0.39, 0.29) is 17.9 Å². The zero-order valence-corrected chi connectivity index (χ0v) is 14.7. The van der Waals surface area contributed by atoms with Crippen LogP contribution in [0.5, 0.6) is 0 Å². The number of likely N-dealkylation sites (tertiary alicyclic amines) is 1. The smallest absolute Gasteiger partial charge is 0.229 e. The molecular formula is C20H26N2O3. The molecule has 0 unspecified atom stereocenters. The average Bonchev–Trinajstić information content (AvgIpc) is 3.34. The fourth-order valence-electron chi connectivity index (χ4n) is 4.34. The second kappa shape index (κ2) is 7.16. The lowest BCUT2D eigenvalue weighted by Crippen LogP contribution is -2.33. The van der Waals surface area contributed by atoms with E-state index >= 15 is 0 Å². The lowest BCUT2D eigenvalue weighted by molar-refractivity contribution is -0.127. The van der Waals surface area contributed by atoms with Gasteiger partial charge in [-0.1, -0.05) is 18.2 Å². The normalized spacial score (nSPS) is 25.7. The third kappa shape index (κ3) is 3.43. The highest BCUT2D eigenvalue weighted by Gasteiger charge is 2.34. The third-order valence-corrected chi connectivity index (χ3v) is 5.72. The predicted molar refractivity (Wildman–Crippen MR) is 95.6 cm³/mol. The zero-order chi connectivity index (χ0) is 17.2. The molecule has 1 aromatic rings. The second-order valence-electron chi connectivity index (χ2n) is 7.37. The van der Waals surface area contributed by atoms with E-state index in [0.29, 0.717) is 18.8 Å². The number of nitrogens with zero attached hydrogens (tertiary/aromatic N) is 2. The van der Waals surface area contributed by atoms with E-state index in [2.05, 4.69) is 6.07 Å². The monoisotopic (exact) mass is 342 g/mol. The van der Waals surface area contributed by atoms with Gasteiger partial charge in [0, 0.05) is 44.3 Å². The Balaban J connectivity index is 1.43. The molecule has 5 heteroatoms. The summed E-state index contributed by atoms with van der Waals surface area (Å²) in [6.45, 7) is 3.19. The summed E-state index contributed by atoms with van der Waals surface area (Å²) in [4.78, 5) is 28.6. The molecule has 2 fully saturated rings. The molecule has 4 rings (SSSR count). The van der Waals surface area contributed by atoms with E-state index in [1.807, 2.05) is 28.0 Å². The Morgan fingerprint density at radius 3 is 2.88 bits per heavy atom. The van der Waals surface area contributed by atoms with E-state index in [1.54, 1.807) is 0 Å². The molecule has 134 valence electrons. The van der Waals surface area contributed by atoms with Crippen molar-refractivity contribution in [2.24, 2.45) is 0 Å². The van der Waals surface area contributed by atoms with Crippen LogP contribution in [-0.4, -0.2) is 49.1 Å². The van der Waals surface area contributed by atoms with Crippen molar-refractivity contribution in [2.45, 2.75) is 50.5 Å². The summed E-state index contributed by atoms with van der Waals surface area (Å²) in [5.74, 6) is 0.759. The maximum Gasteiger partial charge on any atom is 0.229 e. The SMILES string of the molecule is O=C1CCCN1CC[C@H]1CN(C(=O)C[C@H]2CCCO2)c2ccccc21. The van der Waals surface area contributed by atoms with Crippen LogP contribution < -0.4 is 4.90 Å². The van der Waals surface area contributed by atoms with Crippen molar-refractivity contribution in [1.29, 1.82) is 0 Å². The molecule has 5 nitrogen and oxygen atoms in total. The quantitative estimate of drug-likeness (QED) is 0.827. The molecule has 3 aliphatic rings. The number of fused-ring (bicyclic) bond motifs is 1. The van der Waals surface area contributed by atoms with Crippen molar-refractivity contribution in [2.75, 3.05) is 31.1 Å². The molecule has 0 saturated carbocycles. The Hall–Kier alpha value is -1.88. The van der Waals surface area contributed by atoms with E-state index in [9.17, 15) is 9.59 Å². The molecule has 2 atom stereocenters. The van der Waals surface area contributed by atoms with Crippen molar-refractivity contribution in [3.8, 4) is 0 Å². The van der Waals surface area contributed by atoms with E-state index in [0.717, 1.165) is 57.6 Å². The Kier molecular flexibility index (Phi) is 4.75. The molecule has 0 spiro atoms. The number of carbonyl (C=O) groups excluding carboxylic acids is 2. The molecule has 25 heavy (non-hydrogen) atoms. The zero-order valence-electron chi connectivity index (χ0n) is 14.7. The number of rotatable bonds is 5. The lowest BCUT2D eigenvalue weighted by Gasteiger charge is -2.21. The number of hydrogen-bond acceptors (Lipinski definition) is 3. The third-order valence-electron chi connectivity index (χ3n) is 5.72. The molecule has 3 aliphatic heterocycles. The summed E-state index contributed by atoms with van der Waals surface area (Å²) in [5, 5.41) is 0. The van der Waals surface area contributed by atoms with Crippen LogP contribution in [0, 0.1) is 0 Å². The maximum atomic E-state index is 12.8. The predicted octanol–water partition coefficient (Wildman–Crippen LogP) is 2.70. The van der Waals surface area contributed by atoms with Gasteiger partial charge in [-0.3, -0.25) is 9.59 Å². The number of hydrogen-bond donors (Lipinski definition) is 0. The number of benzene rings is 1. The highest BCUT2D eigenvalue weighted by atomic mass is 16.5. The molecule has 2 saturated heterocycles. The molecule has 0 bridgehead atoms. The van der Waals surface area contributed by atoms with Crippen LogP contribution in [-0.2, 0) is 14.3 Å². The minimum Gasteiger partial charge on any atom is -0.378 e. The van der Waals surface area contributed by atoms with Gasteiger partial charge in [-0.05, 0) is 37.3 Å². The first-order valence-electron chi connectivity index (χ1n) is 9.51. The van der Waals surface area contributed by atoms with Gasteiger partial charge in [0.05, 0.1) is 12.5 Å². The van der Waals surface area contributed by atoms with E-state index < -0.39 is 0 Å². The molecule has 0 aliphatic carbocycles. The Morgan fingerprint density at radius 1 is 1.24 bits per heavy atom. The first-order chi connectivity index (χ1) is 12.2. The highest BCUT2D eigenvalue weighted by Crippen LogP contribution is 2.39. The summed E-state index contributed by atoms with van der Waals surface area (Å²) in [6, 6.07) is 8.22. The van der Waals surface area contributed by atoms with Crippen LogP contribution in [0.4, 0.5) is 5.69 Å². The van der Waals surface area contributed by atoms with Crippen LogP contribution in [0.1, 0.15) is 50.0 Å². The number of para-hydroxylation sites is 1. The van der Waals surface area contributed by atoms with Gasteiger partial charge in [-0.15, -0.1) is 0 Å². The largest absolute Gasteiger partial charge is 0.378 e. The Bertz CT molecular complexity index is 654. The van der Waals surface area contributed by atoms with E-state index in [1.165, 1.54) is 5.56 Å². The fourth-order valence-corrected chi connectivity index (χ4v) is 4.34. The second-order valence-corrected chi connectivity index (χ2v) is 7.37. The number of carbonyl (C=O) groups is 2. The maximum absolute atomic E-state index is 12.8. The Labute approximate surface area is 148 Å². The number of ether oxygens (including phenoxy) is 1. The first kappa shape index (κ1) is 16.6. The summed E-state index contributed by atoms with van der Waals surface area (Å²) >= 11 is 0. The summed E-state index contributed by atoms with van der Waals surface area (Å²) < 4.78 is 5.63. The molecule has 1 aromatic carbocycles. The standard InChI is InChI=1S/C20H26N2O3/c23-19-8-3-10-21(19)11-9-15-14-22(18-7-2-1-6-17(15)18)20(24)13-16-5-4-12-25-16/h1-2,6-7,15-16H,3-5,8-14H2/t15-,16+/m0/s1. The average molecular weight is 342 g/mol. The first-order valence-corrected chi connectivity index (χ1v) is 9.51. The molecule has 0 radical (unpaired) electrons. The van der Waals surface area contributed by atoms with Crippen molar-refractivity contribution < 1.29 is 14.3 Å². The van der Waals surface area contributed by atoms with Crippen LogP contribution in [0.15, 0.2) is 24.3 Å². The van der Waals surface area contributed by atoms with Crippen LogP contribution in [0.25, 0.3) is 0 Å². The van der Waals surface area contributed by atoms with Gasteiger partial charge in [-0.2, -0.15) is 0 Å². The van der Waals surface area contributed by atoms with Gasteiger partial charge in [0.1, 0.15) is 0 Å². The summed E-state index contributed by atoms with van der Waals surface area (Å²) in [5.41, 5.74) is 2.29. The van der Waals surface area contributed by atoms with Crippen LogP contribution in [0.2, 0.25) is 0 Å². The van der Waals surface area contributed by atoms with Gasteiger partial charge in [0.15, 0.2) is 0 Å². The van der Waals surface area contributed by atoms with Gasteiger partial charge in [0.2, 0.25) is 11.8 Å². The van der Waals surface area contributed by atoms with Gasteiger partial charge < -0.3 is 14.5 Å². The topological polar surface area (TPSA) is 49.9 Å². The lowest BCUT2D eigenvalue weighted by atomic mass is 9.98. The minimum absolute atomic E-state index is 0.0842. The molecule has 3 heterocycles. The number of amides is 2. The van der Waals surface area contributed by atoms with Crippen molar-refractivity contribution in [3.05, 3.63) is 29.8 Å². The highest BCUT2D eigenvalue weighted by molar-refractivity contribution is 5.96. The minimum atomic E-state index is 0.0842. The van der Waals surface area contributed by atoms with Crippen LogP contribution >= 0.6 is 0 Å². The van der Waals surface area contributed by atoms with Gasteiger partial charge in [0.25, 0.3) is 0 Å². The Morgan fingerprint density at radius 2 is 2.12 bits per heavy atom. The molecular weight excluding hydrogens is 316 g/mol. The fraction of sp³-hybridized carbons (Fsp3) is 0.600.